The summed E-state index contributed by atoms with van der Waals surface area (Å²) in [6, 6.07) is 0.270. The standard InChI is InChI=1S/C14H27N3O2/c1-4-11(3)14(19)16-12-6-8-17(9-7-12)10-13(18)15-5-2/h11-12H,4-10H2,1-3H3,(H,15,18)(H,16,19). The van der Waals surface area contributed by atoms with Gasteiger partial charge in [0.1, 0.15) is 0 Å². The van der Waals surface area contributed by atoms with Gasteiger partial charge in [0.25, 0.3) is 0 Å². The van der Waals surface area contributed by atoms with Crippen LogP contribution in [0.15, 0.2) is 0 Å². The average molecular weight is 269 g/mol. The number of nitrogens with one attached hydrogen (secondary N) is 2. The molecule has 2 amide bonds. The lowest BCUT2D eigenvalue weighted by Gasteiger charge is -2.32. The highest BCUT2D eigenvalue weighted by molar-refractivity contribution is 5.78. The van der Waals surface area contributed by atoms with Crippen LogP contribution in [-0.2, 0) is 9.59 Å². The molecule has 1 saturated heterocycles. The Kier molecular flexibility index (Phi) is 6.84. The van der Waals surface area contributed by atoms with E-state index in [1.165, 1.54) is 0 Å². The molecule has 0 bridgehead atoms. The largest absolute Gasteiger partial charge is 0.355 e. The molecule has 1 aliphatic rings. The van der Waals surface area contributed by atoms with Gasteiger partial charge in [0.05, 0.1) is 6.54 Å². The quantitative estimate of drug-likeness (QED) is 0.748. The molecule has 5 heteroatoms. The van der Waals surface area contributed by atoms with E-state index in [1.807, 2.05) is 20.8 Å². The van der Waals surface area contributed by atoms with E-state index < -0.39 is 0 Å². The summed E-state index contributed by atoms with van der Waals surface area (Å²) < 4.78 is 0. The van der Waals surface area contributed by atoms with Gasteiger partial charge in [-0.15, -0.1) is 0 Å². The zero-order valence-corrected chi connectivity index (χ0v) is 12.4. The van der Waals surface area contributed by atoms with E-state index in [-0.39, 0.29) is 23.8 Å². The highest BCUT2D eigenvalue weighted by atomic mass is 16.2. The first-order valence-corrected chi connectivity index (χ1v) is 7.36. The number of piperidine rings is 1. The Morgan fingerprint density at radius 3 is 2.42 bits per heavy atom. The van der Waals surface area contributed by atoms with Crippen LogP contribution in [0.2, 0.25) is 0 Å². The Bertz CT molecular complexity index is 299. The summed E-state index contributed by atoms with van der Waals surface area (Å²) in [4.78, 5) is 25.4. The molecular weight excluding hydrogens is 242 g/mol. The predicted molar refractivity (Wildman–Crippen MR) is 75.7 cm³/mol. The van der Waals surface area contributed by atoms with Crippen LogP contribution in [-0.4, -0.2) is 48.9 Å². The number of likely N-dealkylation sites (tertiary alicyclic amines) is 1. The number of nitrogens with zero attached hydrogens (tertiary/aromatic N) is 1. The van der Waals surface area contributed by atoms with Crippen LogP contribution in [0.5, 0.6) is 0 Å². The van der Waals surface area contributed by atoms with Crippen LogP contribution in [0.4, 0.5) is 0 Å². The maximum atomic E-state index is 11.8. The summed E-state index contributed by atoms with van der Waals surface area (Å²) in [5, 5.41) is 5.91. The zero-order chi connectivity index (χ0) is 14.3. The van der Waals surface area contributed by atoms with Crippen LogP contribution in [0.3, 0.4) is 0 Å². The van der Waals surface area contributed by atoms with Gasteiger partial charge in [-0.25, -0.2) is 0 Å². The molecule has 1 atom stereocenters. The lowest BCUT2D eigenvalue weighted by Crippen LogP contribution is -2.48. The number of carbonyl (C=O) groups excluding carboxylic acids is 2. The van der Waals surface area contributed by atoms with E-state index in [4.69, 9.17) is 0 Å². The molecule has 1 aliphatic heterocycles. The van der Waals surface area contributed by atoms with Crippen molar-refractivity contribution in [2.24, 2.45) is 5.92 Å². The monoisotopic (exact) mass is 269 g/mol. The van der Waals surface area contributed by atoms with Crippen molar-refractivity contribution in [2.75, 3.05) is 26.2 Å². The van der Waals surface area contributed by atoms with Crippen molar-refractivity contribution in [2.45, 2.75) is 46.1 Å². The van der Waals surface area contributed by atoms with Gasteiger partial charge in [-0.1, -0.05) is 13.8 Å². The number of carbonyl (C=O) groups is 2. The number of amides is 2. The molecule has 0 radical (unpaired) electrons. The third-order valence-corrected chi connectivity index (χ3v) is 3.74. The van der Waals surface area contributed by atoms with Crippen molar-refractivity contribution in [3.63, 3.8) is 0 Å². The second-order valence-corrected chi connectivity index (χ2v) is 5.32. The zero-order valence-electron chi connectivity index (χ0n) is 12.4. The lowest BCUT2D eigenvalue weighted by atomic mass is 10.0. The van der Waals surface area contributed by atoms with Crippen molar-refractivity contribution in [3.8, 4) is 0 Å². The SMILES string of the molecule is CCNC(=O)CN1CCC(NC(=O)C(C)CC)CC1. The Morgan fingerprint density at radius 2 is 1.89 bits per heavy atom. The van der Waals surface area contributed by atoms with Gasteiger partial charge in [0.2, 0.25) is 11.8 Å². The average Bonchev–Trinajstić information content (AvgIpc) is 2.40. The highest BCUT2D eigenvalue weighted by Crippen LogP contribution is 2.11. The third kappa shape index (κ3) is 5.59. The Balaban J connectivity index is 2.25. The van der Waals surface area contributed by atoms with E-state index >= 15 is 0 Å². The molecule has 2 N–H and O–H groups in total. The first kappa shape index (κ1) is 16.0. The molecular formula is C14H27N3O2. The molecule has 1 fully saturated rings. The fourth-order valence-corrected chi connectivity index (χ4v) is 2.22. The van der Waals surface area contributed by atoms with Crippen LogP contribution >= 0.6 is 0 Å². The van der Waals surface area contributed by atoms with Crippen LogP contribution in [0.1, 0.15) is 40.0 Å². The lowest BCUT2D eigenvalue weighted by molar-refractivity contribution is -0.126. The number of hydrogen-bond donors (Lipinski definition) is 2. The molecule has 1 rings (SSSR count). The maximum absolute atomic E-state index is 11.8. The summed E-state index contributed by atoms with van der Waals surface area (Å²) in [5.41, 5.74) is 0. The van der Waals surface area contributed by atoms with Gasteiger partial charge in [0, 0.05) is 31.6 Å². The van der Waals surface area contributed by atoms with Crippen molar-refractivity contribution in [1.82, 2.24) is 15.5 Å². The summed E-state index contributed by atoms with van der Waals surface area (Å²) in [7, 11) is 0. The number of likely N-dealkylation sites (N-methyl/N-ethyl adjacent to an activating group) is 1. The van der Waals surface area contributed by atoms with Crippen molar-refractivity contribution in [1.29, 1.82) is 0 Å². The van der Waals surface area contributed by atoms with Gasteiger partial charge in [-0.05, 0) is 26.2 Å². The number of hydrogen-bond acceptors (Lipinski definition) is 3. The molecule has 1 heterocycles. The molecule has 5 nitrogen and oxygen atoms in total. The van der Waals surface area contributed by atoms with Crippen LogP contribution in [0, 0.1) is 5.92 Å². The van der Waals surface area contributed by atoms with Crippen molar-refractivity contribution < 1.29 is 9.59 Å². The van der Waals surface area contributed by atoms with Gasteiger partial charge in [-0.2, -0.15) is 0 Å². The first-order chi connectivity index (χ1) is 9.06. The summed E-state index contributed by atoms with van der Waals surface area (Å²) in [6.07, 6.45) is 2.74. The Hall–Kier alpha value is -1.10. The van der Waals surface area contributed by atoms with Gasteiger partial charge in [0.15, 0.2) is 0 Å². The molecule has 0 aromatic carbocycles. The topological polar surface area (TPSA) is 61.4 Å². The van der Waals surface area contributed by atoms with Crippen molar-refractivity contribution >= 4 is 11.8 Å². The third-order valence-electron chi connectivity index (χ3n) is 3.74. The van der Waals surface area contributed by atoms with Gasteiger partial charge >= 0.3 is 0 Å². The molecule has 0 aromatic heterocycles. The minimum absolute atomic E-state index is 0.0876. The summed E-state index contributed by atoms with van der Waals surface area (Å²) in [5.74, 6) is 0.336. The molecule has 110 valence electrons. The molecule has 1 unspecified atom stereocenters. The molecule has 19 heavy (non-hydrogen) atoms. The molecule has 0 aliphatic carbocycles. The fraction of sp³-hybridized carbons (Fsp3) is 0.857. The molecule has 0 saturated carbocycles. The Morgan fingerprint density at radius 1 is 1.26 bits per heavy atom. The minimum atomic E-state index is 0.0876. The minimum Gasteiger partial charge on any atom is -0.355 e. The second-order valence-electron chi connectivity index (χ2n) is 5.32. The van der Waals surface area contributed by atoms with E-state index in [0.29, 0.717) is 13.1 Å². The Labute approximate surface area is 116 Å². The smallest absolute Gasteiger partial charge is 0.234 e. The van der Waals surface area contributed by atoms with E-state index in [9.17, 15) is 9.59 Å². The molecule has 0 aromatic rings. The number of rotatable bonds is 6. The maximum Gasteiger partial charge on any atom is 0.234 e. The van der Waals surface area contributed by atoms with Gasteiger partial charge in [-0.3, -0.25) is 14.5 Å². The van der Waals surface area contributed by atoms with Crippen LogP contribution < -0.4 is 10.6 Å². The van der Waals surface area contributed by atoms with Gasteiger partial charge < -0.3 is 10.6 Å². The normalized spacial score (nSPS) is 18.9. The second kappa shape index (κ2) is 8.15. The van der Waals surface area contributed by atoms with E-state index in [0.717, 1.165) is 32.4 Å². The van der Waals surface area contributed by atoms with Crippen LogP contribution in [0.25, 0.3) is 0 Å². The van der Waals surface area contributed by atoms with E-state index in [1.54, 1.807) is 0 Å². The van der Waals surface area contributed by atoms with Crippen molar-refractivity contribution in [3.05, 3.63) is 0 Å². The fourth-order valence-electron chi connectivity index (χ4n) is 2.22. The molecule has 0 spiro atoms. The van der Waals surface area contributed by atoms with E-state index in [2.05, 4.69) is 15.5 Å². The summed E-state index contributed by atoms with van der Waals surface area (Å²) in [6.45, 7) is 8.82. The first-order valence-electron chi connectivity index (χ1n) is 7.36. The highest BCUT2D eigenvalue weighted by Gasteiger charge is 2.23. The summed E-state index contributed by atoms with van der Waals surface area (Å²) >= 11 is 0. The predicted octanol–water partition coefficient (Wildman–Crippen LogP) is 0.749.